The first-order chi connectivity index (χ1) is 11.6. The fraction of sp³-hybridized carbons (Fsp3) is 0.765. The third-order valence-corrected chi connectivity index (χ3v) is 4.87. The Hall–Kier alpha value is -1.57. The number of amides is 1. The van der Waals surface area contributed by atoms with E-state index in [4.69, 9.17) is 0 Å². The van der Waals surface area contributed by atoms with Gasteiger partial charge in [0, 0.05) is 25.8 Å². The minimum Gasteiger partial charge on any atom is -0.350 e. The third-order valence-electron chi connectivity index (χ3n) is 4.87. The van der Waals surface area contributed by atoms with E-state index in [1.807, 2.05) is 0 Å². The van der Waals surface area contributed by atoms with Crippen molar-refractivity contribution in [3.63, 3.8) is 0 Å². The second-order valence-electron chi connectivity index (χ2n) is 7.30. The van der Waals surface area contributed by atoms with E-state index in [0.29, 0.717) is 18.4 Å². The summed E-state index contributed by atoms with van der Waals surface area (Å²) in [5, 5.41) is 6.06. The van der Waals surface area contributed by atoms with Crippen LogP contribution in [0.1, 0.15) is 49.7 Å². The fourth-order valence-electron chi connectivity index (χ4n) is 3.30. The number of carbonyl (C=O) groups excluding carboxylic acids is 1. The summed E-state index contributed by atoms with van der Waals surface area (Å²) in [5.41, 5.74) is -1.56. The maximum Gasteiger partial charge on any atom is 0.435 e. The van der Waals surface area contributed by atoms with Crippen molar-refractivity contribution in [1.82, 2.24) is 20.0 Å². The van der Waals surface area contributed by atoms with Crippen LogP contribution in [0.15, 0.2) is 6.20 Å². The molecule has 0 saturated carbocycles. The van der Waals surface area contributed by atoms with E-state index in [2.05, 4.69) is 36.1 Å². The molecule has 1 N–H and O–H groups in total. The van der Waals surface area contributed by atoms with Crippen molar-refractivity contribution in [2.24, 2.45) is 18.9 Å². The number of piperidine rings is 1. The number of nitrogens with one attached hydrogen (secondary N) is 1. The molecule has 1 fully saturated rings. The van der Waals surface area contributed by atoms with Gasteiger partial charge in [0.15, 0.2) is 5.69 Å². The van der Waals surface area contributed by atoms with Crippen LogP contribution in [0.4, 0.5) is 13.2 Å². The van der Waals surface area contributed by atoms with Gasteiger partial charge in [0.1, 0.15) is 0 Å². The second-order valence-corrected chi connectivity index (χ2v) is 7.30. The van der Waals surface area contributed by atoms with Gasteiger partial charge in [-0.2, -0.15) is 18.3 Å². The Morgan fingerprint density at radius 3 is 2.48 bits per heavy atom. The summed E-state index contributed by atoms with van der Waals surface area (Å²) in [5.74, 6) is 0.268. The van der Waals surface area contributed by atoms with Crippen LogP contribution in [0.2, 0.25) is 0 Å². The molecule has 25 heavy (non-hydrogen) atoms. The van der Waals surface area contributed by atoms with Crippen molar-refractivity contribution in [1.29, 1.82) is 0 Å². The van der Waals surface area contributed by atoms with Crippen molar-refractivity contribution < 1.29 is 18.0 Å². The molecule has 0 bridgehead atoms. The van der Waals surface area contributed by atoms with Crippen LogP contribution in [0.3, 0.4) is 0 Å². The average molecular weight is 360 g/mol. The first kappa shape index (κ1) is 19.8. The molecule has 1 aliphatic rings. The first-order valence-corrected chi connectivity index (χ1v) is 8.72. The third kappa shape index (κ3) is 4.96. The first-order valence-electron chi connectivity index (χ1n) is 8.72. The molecule has 2 rings (SSSR count). The summed E-state index contributed by atoms with van der Waals surface area (Å²) in [6.07, 6.45) is -1.31. The zero-order valence-corrected chi connectivity index (χ0v) is 15.2. The lowest BCUT2D eigenvalue weighted by Gasteiger charge is -2.38. The van der Waals surface area contributed by atoms with Crippen molar-refractivity contribution in [3.05, 3.63) is 17.5 Å². The molecule has 1 aliphatic heterocycles. The van der Waals surface area contributed by atoms with E-state index in [0.717, 1.165) is 36.8 Å². The Balaban J connectivity index is 2.05. The molecular formula is C17H27F3N4O. The molecule has 1 unspecified atom stereocenters. The highest BCUT2D eigenvalue weighted by atomic mass is 19.4. The Bertz CT molecular complexity index is 589. The Morgan fingerprint density at radius 2 is 1.96 bits per heavy atom. The number of nitrogens with zero attached hydrogens (tertiary/aromatic N) is 3. The van der Waals surface area contributed by atoms with Gasteiger partial charge in [-0.1, -0.05) is 20.8 Å². The quantitative estimate of drug-likeness (QED) is 0.878. The topological polar surface area (TPSA) is 50.2 Å². The van der Waals surface area contributed by atoms with E-state index >= 15 is 0 Å². The van der Waals surface area contributed by atoms with Crippen LogP contribution in [0.25, 0.3) is 0 Å². The predicted molar refractivity (Wildman–Crippen MR) is 89.1 cm³/mol. The SMILES string of the molecule is CC1CCN(C(CNC(=O)c2cn(C)nc2C(F)(F)F)C(C)C)CC1. The molecule has 2 heterocycles. The lowest BCUT2D eigenvalue weighted by molar-refractivity contribution is -0.141. The molecule has 1 amide bonds. The fourth-order valence-corrected chi connectivity index (χ4v) is 3.30. The van der Waals surface area contributed by atoms with Crippen LogP contribution in [-0.4, -0.2) is 46.3 Å². The van der Waals surface area contributed by atoms with Gasteiger partial charge in [0.2, 0.25) is 0 Å². The molecule has 5 nitrogen and oxygen atoms in total. The number of carbonyl (C=O) groups is 1. The van der Waals surface area contributed by atoms with E-state index in [1.54, 1.807) is 0 Å². The smallest absolute Gasteiger partial charge is 0.350 e. The summed E-state index contributed by atoms with van der Waals surface area (Å²) < 4.78 is 40.1. The Morgan fingerprint density at radius 1 is 1.36 bits per heavy atom. The van der Waals surface area contributed by atoms with Crippen molar-refractivity contribution in [2.45, 2.75) is 45.8 Å². The molecule has 142 valence electrons. The molecule has 0 aliphatic carbocycles. The highest BCUT2D eigenvalue weighted by Crippen LogP contribution is 2.30. The average Bonchev–Trinajstić information content (AvgIpc) is 2.91. The van der Waals surface area contributed by atoms with Crippen LogP contribution in [0, 0.1) is 11.8 Å². The monoisotopic (exact) mass is 360 g/mol. The number of likely N-dealkylation sites (tertiary alicyclic amines) is 1. The largest absolute Gasteiger partial charge is 0.435 e. The maximum absolute atomic E-state index is 13.0. The minimum absolute atomic E-state index is 0.113. The van der Waals surface area contributed by atoms with Crippen LogP contribution in [0.5, 0.6) is 0 Å². The van der Waals surface area contributed by atoms with Gasteiger partial charge in [-0.25, -0.2) is 0 Å². The summed E-state index contributed by atoms with van der Waals surface area (Å²) in [6, 6.07) is 0.113. The number of hydrogen-bond acceptors (Lipinski definition) is 3. The molecule has 1 aromatic rings. The summed E-state index contributed by atoms with van der Waals surface area (Å²) >= 11 is 0. The number of aryl methyl sites for hydroxylation is 1. The standard InChI is InChI=1S/C17H27F3N4O/c1-11(2)14(24-7-5-12(3)6-8-24)9-21-16(25)13-10-23(4)22-15(13)17(18,19)20/h10-12,14H,5-9H2,1-4H3,(H,21,25). The van der Waals surface area contributed by atoms with Gasteiger partial charge in [-0.3, -0.25) is 14.4 Å². The van der Waals surface area contributed by atoms with Gasteiger partial charge in [-0.05, 0) is 37.8 Å². The number of halogens is 3. The van der Waals surface area contributed by atoms with E-state index in [-0.39, 0.29) is 6.04 Å². The second kappa shape index (κ2) is 7.76. The molecule has 1 saturated heterocycles. The van der Waals surface area contributed by atoms with Gasteiger partial charge in [0.05, 0.1) is 5.56 Å². The summed E-state index contributed by atoms with van der Waals surface area (Å²) in [6.45, 7) is 8.61. The highest BCUT2D eigenvalue weighted by Gasteiger charge is 2.39. The molecule has 0 radical (unpaired) electrons. The summed E-state index contributed by atoms with van der Waals surface area (Å²) in [4.78, 5) is 14.6. The number of hydrogen-bond donors (Lipinski definition) is 1. The van der Waals surface area contributed by atoms with Gasteiger partial charge < -0.3 is 5.32 Å². The predicted octanol–water partition coefficient (Wildman–Crippen LogP) is 2.93. The lowest BCUT2D eigenvalue weighted by Crippen LogP contribution is -2.49. The number of rotatable bonds is 5. The van der Waals surface area contributed by atoms with Crippen LogP contribution in [-0.2, 0) is 13.2 Å². The van der Waals surface area contributed by atoms with Gasteiger partial charge in [0.25, 0.3) is 5.91 Å². The Labute approximate surface area is 146 Å². The maximum atomic E-state index is 13.0. The van der Waals surface area contributed by atoms with E-state index < -0.39 is 23.3 Å². The van der Waals surface area contributed by atoms with Gasteiger partial charge >= 0.3 is 6.18 Å². The van der Waals surface area contributed by atoms with Crippen molar-refractivity contribution in [3.8, 4) is 0 Å². The zero-order chi connectivity index (χ0) is 18.8. The molecule has 0 spiro atoms. The van der Waals surface area contributed by atoms with E-state index in [9.17, 15) is 18.0 Å². The molecule has 1 aromatic heterocycles. The van der Waals surface area contributed by atoms with Crippen LogP contribution < -0.4 is 5.32 Å². The molecular weight excluding hydrogens is 333 g/mol. The zero-order valence-electron chi connectivity index (χ0n) is 15.2. The van der Waals surface area contributed by atoms with E-state index in [1.165, 1.54) is 7.05 Å². The number of aromatic nitrogens is 2. The summed E-state index contributed by atoms with van der Waals surface area (Å²) in [7, 11) is 1.37. The normalized spacial score (nSPS) is 18.6. The van der Waals surface area contributed by atoms with Gasteiger partial charge in [-0.15, -0.1) is 0 Å². The van der Waals surface area contributed by atoms with Crippen molar-refractivity contribution in [2.75, 3.05) is 19.6 Å². The molecule has 8 heteroatoms. The lowest BCUT2D eigenvalue weighted by atomic mass is 9.94. The molecule has 0 aromatic carbocycles. The minimum atomic E-state index is -4.64. The highest BCUT2D eigenvalue weighted by molar-refractivity contribution is 5.95. The van der Waals surface area contributed by atoms with Crippen molar-refractivity contribution >= 4 is 5.91 Å². The van der Waals surface area contributed by atoms with Crippen LogP contribution >= 0.6 is 0 Å². The Kier molecular flexibility index (Phi) is 6.13. The molecule has 1 atom stereocenters. The number of alkyl halides is 3.